The Balaban J connectivity index is 1.85. The van der Waals surface area contributed by atoms with Gasteiger partial charge < -0.3 is 9.47 Å². The monoisotopic (exact) mass is 405 g/mol. The average molecular weight is 405 g/mol. The molecule has 0 aliphatic heterocycles. The summed E-state index contributed by atoms with van der Waals surface area (Å²) >= 11 is 0. The van der Waals surface area contributed by atoms with E-state index in [4.69, 9.17) is 4.74 Å². The van der Waals surface area contributed by atoms with Crippen molar-refractivity contribution in [2.45, 2.75) is 32.8 Å². The number of hydrogen-bond donors (Lipinski definition) is 1. The first-order valence-electron chi connectivity index (χ1n) is 8.73. The van der Waals surface area contributed by atoms with Crippen molar-refractivity contribution in [1.29, 1.82) is 0 Å². The first kappa shape index (κ1) is 22.0. The molecule has 29 heavy (non-hydrogen) atoms. The number of carbonyl (C=O) groups excluding carboxylic acids is 3. The summed E-state index contributed by atoms with van der Waals surface area (Å²) in [5.41, 5.74) is 1.32. The lowest BCUT2D eigenvalue weighted by Crippen LogP contribution is -2.34. The van der Waals surface area contributed by atoms with Crippen molar-refractivity contribution in [3.05, 3.63) is 65.2 Å². The van der Waals surface area contributed by atoms with Crippen LogP contribution < -0.4 is 10.1 Å². The Labute approximate surface area is 166 Å². The number of nitrogens with one attached hydrogen (secondary N) is 1. The number of halogens is 2. The molecule has 154 valence electrons. The van der Waals surface area contributed by atoms with Crippen molar-refractivity contribution in [3.8, 4) is 5.75 Å². The quantitative estimate of drug-likeness (QED) is 0.741. The largest absolute Gasteiger partial charge is 0.452 e. The Bertz CT molecular complexity index is 871. The van der Waals surface area contributed by atoms with E-state index in [1.165, 1.54) is 24.3 Å². The van der Waals surface area contributed by atoms with Gasteiger partial charge in [-0.25, -0.2) is 4.79 Å². The highest BCUT2D eigenvalue weighted by atomic mass is 19.3. The summed E-state index contributed by atoms with van der Waals surface area (Å²) in [5, 5.41) is 2.05. The van der Waals surface area contributed by atoms with Crippen LogP contribution in [0.4, 0.5) is 8.78 Å². The summed E-state index contributed by atoms with van der Waals surface area (Å²) in [7, 11) is 0. The van der Waals surface area contributed by atoms with Gasteiger partial charge >= 0.3 is 12.6 Å². The number of carbonyl (C=O) groups is 3. The predicted octanol–water partition coefficient (Wildman–Crippen LogP) is 3.70. The van der Waals surface area contributed by atoms with E-state index in [9.17, 15) is 23.2 Å². The number of amides is 2. The molecule has 2 rings (SSSR count). The van der Waals surface area contributed by atoms with Gasteiger partial charge in [-0.15, -0.1) is 0 Å². The van der Waals surface area contributed by atoms with E-state index in [1.807, 2.05) is 38.2 Å². The van der Waals surface area contributed by atoms with Gasteiger partial charge in [-0.2, -0.15) is 8.78 Å². The third-order valence-electron chi connectivity index (χ3n) is 3.92. The maximum absolute atomic E-state index is 12.1. The molecular formula is C21H21F2NO5. The molecule has 0 saturated heterocycles. The van der Waals surface area contributed by atoms with Crippen molar-refractivity contribution >= 4 is 17.8 Å². The second-order valence-corrected chi connectivity index (χ2v) is 7.18. The highest BCUT2D eigenvalue weighted by Gasteiger charge is 2.16. The Morgan fingerprint density at radius 2 is 1.48 bits per heavy atom. The molecule has 0 saturated carbocycles. The first-order chi connectivity index (χ1) is 13.6. The van der Waals surface area contributed by atoms with E-state index >= 15 is 0 Å². The van der Waals surface area contributed by atoms with Crippen LogP contribution in [0.25, 0.3) is 0 Å². The molecule has 0 radical (unpaired) electrons. The third kappa shape index (κ3) is 6.67. The molecule has 0 unspecified atom stereocenters. The summed E-state index contributed by atoms with van der Waals surface area (Å²) in [6, 6.07) is 11.6. The Hall–Kier alpha value is -3.29. The van der Waals surface area contributed by atoms with Gasteiger partial charge in [0, 0.05) is 5.56 Å². The second kappa shape index (κ2) is 9.27. The zero-order valence-electron chi connectivity index (χ0n) is 16.2. The first-order valence-corrected chi connectivity index (χ1v) is 8.73. The number of imide groups is 1. The maximum atomic E-state index is 12.1. The van der Waals surface area contributed by atoms with Gasteiger partial charge in [-0.3, -0.25) is 14.9 Å². The predicted molar refractivity (Wildman–Crippen MR) is 101 cm³/mol. The molecule has 2 aromatic rings. The summed E-state index contributed by atoms with van der Waals surface area (Å²) in [4.78, 5) is 35.8. The smallest absolute Gasteiger partial charge is 0.387 e. The normalized spacial score (nSPS) is 11.1. The van der Waals surface area contributed by atoms with Crippen molar-refractivity contribution in [2.24, 2.45) is 0 Å². The minimum Gasteiger partial charge on any atom is -0.452 e. The fourth-order valence-electron chi connectivity index (χ4n) is 2.34. The van der Waals surface area contributed by atoms with Gasteiger partial charge in [0.25, 0.3) is 11.8 Å². The number of hydrogen-bond acceptors (Lipinski definition) is 5. The summed E-state index contributed by atoms with van der Waals surface area (Å²) in [6.07, 6.45) is 0. The van der Waals surface area contributed by atoms with Crippen LogP contribution in [-0.2, 0) is 14.9 Å². The van der Waals surface area contributed by atoms with E-state index in [0.717, 1.165) is 5.56 Å². The van der Waals surface area contributed by atoms with E-state index in [1.54, 1.807) is 12.1 Å². The standard InChI is InChI=1S/C21H21F2NO5/c1-21(2,3)15-8-4-14(5-9-15)19(27)28-12-17(25)24-18(26)13-6-10-16(11-7-13)29-20(22)23/h4-11,20H,12H2,1-3H3,(H,24,25,26). The molecule has 0 aliphatic rings. The van der Waals surface area contributed by atoms with Crippen molar-refractivity contribution < 1.29 is 32.6 Å². The molecule has 1 N–H and O–H groups in total. The Morgan fingerprint density at radius 3 is 2.00 bits per heavy atom. The van der Waals surface area contributed by atoms with Crippen LogP contribution in [-0.4, -0.2) is 31.0 Å². The minimum absolute atomic E-state index is 0.0593. The van der Waals surface area contributed by atoms with Crippen molar-refractivity contribution in [1.82, 2.24) is 5.32 Å². The molecule has 0 aliphatic carbocycles. The second-order valence-electron chi connectivity index (χ2n) is 7.18. The molecule has 0 spiro atoms. The Kier molecular flexibility index (Phi) is 7.03. The zero-order chi connectivity index (χ0) is 21.6. The molecular weight excluding hydrogens is 384 g/mol. The average Bonchev–Trinajstić information content (AvgIpc) is 2.65. The molecule has 2 amide bonds. The molecule has 0 heterocycles. The van der Waals surface area contributed by atoms with Gasteiger partial charge in [0.15, 0.2) is 6.61 Å². The lowest BCUT2D eigenvalue weighted by molar-refractivity contribution is -0.123. The van der Waals surface area contributed by atoms with E-state index in [2.05, 4.69) is 4.74 Å². The van der Waals surface area contributed by atoms with Crippen LogP contribution in [0, 0.1) is 0 Å². The molecule has 0 aromatic heterocycles. The summed E-state index contributed by atoms with van der Waals surface area (Å²) in [6.45, 7) is 2.51. The number of benzene rings is 2. The van der Waals surface area contributed by atoms with Crippen LogP contribution in [0.15, 0.2) is 48.5 Å². The van der Waals surface area contributed by atoms with E-state index in [-0.39, 0.29) is 22.3 Å². The molecule has 0 bridgehead atoms. The summed E-state index contributed by atoms with van der Waals surface area (Å²) < 4.78 is 33.3. The molecule has 6 nitrogen and oxygen atoms in total. The molecule has 0 atom stereocenters. The van der Waals surface area contributed by atoms with Crippen LogP contribution in [0.3, 0.4) is 0 Å². The number of rotatable bonds is 6. The maximum Gasteiger partial charge on any atom is 0.387 e. The minimum atomic E-state index is -2.98. The topological polar surface area (TPSA) is 81.7 Å². The molecule has 8 heteroatoms. The van der Waals surface area contributed by atoms with E-state index in [0.29, 0.717) is 0 Å². The SMILES string of the molecule is CC(C)(C)c1ccc(C(=O)OCC(=O)NC(=O)c2ccc(OC(F)F)cc2)cc1. The van der Waals surface area contributed by atoms with Gasteiger partial charge in [0.05, 0.1) is 5.56 Å². The lowest BCUT2D eigenvalue weighted by atomic mass is 9.87. The summed E-state index contributed by atoms with van der Waals surface area (Å²) in [5.74, 6) is -2.39. The molecule has 2 aromatic carbocycles. The molecule has 0 fully saturated rings. The van der Waals surface area contributed by atoms with Crippen molar-refractivity contribution in [3.63, 3.8) is 0 Å². The van der Waals surface area contributed by atoms with E-state index < -0.39 is 31.0 Å². The van der Waals surface area contributed by atoms with Crippen molar-refractivity contribution in [2.75, 3.05) is 6.61 Å². The number of ether oxygens (including phenoxy) is 2. The van der Waals surface area contributed by atoms with Gasteiger partial charge in [-0.05, 0) is 47.4 Å². The number of esters is 1. The lowest BCUT2D eigenvalue weighted by Gasteiger charge is -2.18. The third-order valence-corrected chi connectivity index (χ3v) is 3.92. The highest BCUT2D eigenvalue weighted by Crippen LogP contribution is 2.22. The fourth-order valence-corrected chi connectivity index (χ4v) is 2.34. The van der Waals surface area contributed by atoms with Crippen LogP contribution in [0.5, 0.6) is 5.75 Å². The van der Waals surface area contributed by atoms with Crippen LogP contribution in [0.2, 0.25) is 0 Å². The highest BCUT2D eigenvalue weighted by molar-refractivity contribution is 6.05. The Morgan fingerprint density at radius 1 is 0.931 bits per heavy atom. The number of alkyl halides is 2. The zero-order valence-corrected chi connectivity index (χ0v) is 16.2. The van der Waals surface area contributed by atoms with Crippen LogP contribution >= 0.6 is 0 Å². The van der Waals surface area contributed by atoms with Gasteiger partial charge in [-0.1, -0.05) is 32.9 Å². The fraction of sp³-hybridized carbons (Fsp3) is 0.286. The van der Waals surface area contributed by atoms with Gasteiger partial charge in [0.1, 0.15) is 5.75 Å². The van der Waals surface area contributed by atoms with Crippen LogP contribution in [0.1, 0.15) is 47.1 Å². The van der Waals surface area contributed by atoms with Gasteiger partial charge in [0.2, 0.25) is 0 Å².